The third kappa shape index (κ3) is 7.19. The number of hydrogen-bond donors (Lipinski definition) is 0. The molecule has 0 spiro atoms. The third-order valence-electron chi connectivity index (χ3n) is 17.9. The summed E-state index contributed by atoms with van der Waals surface area (Å²) in [5, 5.41) is 0. The number of nitrogens with zero attached hydrogens (tertiary/aromatic N) is 3. The van der Waals surface area contributed by atoms with E-state index in [1.807, 2.05) is 0 Å². The number of benzene rings is 12. The lowest BCUT2D eigenvalue weighted by atomic mass is 9.36. The lowest BCUT2D eigenvalue weighted by Crippen LogP contribution is -2.55. The van der Waals surface area contributed by atoms with Crippen LogP contribution in [0.4, 0.5) is 51.2 Å². The molecule has 0 aromatic heterocycles. The predicted octanol–water partition coefficient (Wildman–Crippen LogP) is 12.8. The largest absolute Gasteiger partial charge is 0.312 e. The maximum atomic E-state index is 2.43. The van der Waals surface area contributed by atoms with Crippen molar-refractivity contribution in [2.24, 2.45) is 0 Å². The number of anilines is 9. The van der Waals surface area contributed by atoms with Gasteiger partial charge in [0.05, 0.1) is 0 Å². The van der Waals surface area contributed by atoms with Crippen molar-refractivity contribution in [3.05, 3.63) is 290 Å². The second-order valence-corrected chi connectivity index (χ2v) is 22.4. The first kappa shape index (κ1) is 47.3. The van der Waals surface area contributed by atoms with Crippen molar-refractivity contribution in [1.82, 2.24) is 0 Å². The molecule has 0 radical (unpaired) electrons. The molecule has 0 unspecified atom stereocenters. The molecule has 0 saturated heterocycles. The van der Waals surface area contributed by atoms with Gasteiger partial charge in [0.25, 0.3) is 0 Å². The Balaban J connectivity index is 0.000000100. The van der Waals surface area contributed by atoms with Crippen LogP contribution in [0, 0.1) is 20.8 Å². The van der Waals surface area contributed by atoms with E-state index in [4.69, 9.17) is 0 Å². The molecule has 6 heterocycles. The van der Waals surface area contributed by atoms with Gasteiger partial charge in [-0.05, 0) is 165 Å². The minimum Gasteiger partial charge on any atom is -0.312 e. The smallest absolute Gasteiger partial charge is 0.248 e. The van der Waals surface area contributed by atoms with Crippen LogP contribution in [-0.2, 0) is 0 Å². The van der Waals surface area contributed by atoms with Crippen molar-refractivity contribution in [3.63, 3.8) is 0 Å². The lowest BCUT2D eigenvalue weighted by molar-refractivity contribution is 1.28. The first-order valence-electron chi connectivity index (χ1n) is 28.5. The molecular weight excluding hydrogens is 975 g/mol. The van der Waals surface area contributed by atoms with Gasteiger partial charge < -0.3 is 14.7 Å². The van der Waals surface area contributed by atoms with Gasteiger partial charge >= 0.3 is 0 Å². The van der Waals surface area contributed by atoms with E-state index in [2.05, 4.69) is 308 Å². The molecule has 12 aromatic rings. The Kier molecular flexibility index (Phi) is 10.9. The summed E-state index contributed by atoms with van der Waals surface area (Å²) in [7, 11) is 0. The molecule has 0 amide bonds. The Morgan fingerprint density at radius 2 is 0.580 bits per heavy atom. The standard InChI is InChI=1S/3C25H18BN/c1-17-9-7-15-22-24(17)26-21-14-6-5-12-19(21)20-13-8-16-23(25(20)26)27(22)18-10-3-2-4-11-18;1-17-14-15-23-22(16-17)26-21-12-6-5-10-19(21)20-11-7-13-24(25(20)26)27(23)18-8-3-2-4-9-18;1-17-14-15-22-24(16-17)27(18-8-3-2-4-9-18)23-13-7-11-20-19-10-5-6-12-21(19)26(22)25(20)23/h3*2-16H,1H3. The first-order valence-corrected chi connectivity index (χ1v) is 28.5. The van der Waals surface area contributed by atoms with E-state index in [-0.39, 0.29) is 0 Å². The molecule has 378 valence electrons. The first-order chi connectivity index (χ1) is 40.0. The molecular formula is C75H54B3N3. The molecule has 0 aliphatic carbocycles. The van der Waals surface area contributed by atoms with E-state index in [1.165, 1.54) is 150 Å². The van der Waals surface area contributed by atoms with Crippen molar-refractivity contribution in [2.75, 3.05) is 14.7 Å². The van der Waals surface area contributed by atoms with Crippen LogP contribution >= 0.6 is 0 Å². The van der Waals surface area contributed by atoms with E-state index < -0.39 is 0 Å². The van der Waals surface area contributed by atoms with Gasteiger partial charge in [-0.25, -0.2) is 0 Å². The van der Waals surface area contributed by atoms with E-state index in [1.54, 1.807) is 0 Å². The number of rotatable bonds is 3. The maximum Gasteiger partial charge on any atom is 0.248 e. The van der Waals surface area contributed by atoms with Crippen LogP contribution in [0.2, 0.25) is 0 Å². The molecule has 0 N–H and O–H groups in total. The molecule has 6 aliphatic heterocycles. The highest BCUT2D eigenvalue weighted by atomic mass is 15.2. The Labute approximate surface area is 476 Å². The van der Waals surface area contributed by atoms with Gasteiger partial charge in [0.1, 0.15) is 0 Å². The lowest BCUT2D eigenvalue weighted by Gasteiger charge is -2.36. The summed E-state index contributed by atoms with van der Waals surface area (Å²) in [6.45, 7) is 7.58. The zero-order valence-electron chi connectivity index (χ0n) is 45.6. The highest BCUT2D eigenvalue weighted by molar-refractivity contribution is 7.03. The second-order valence-electron chi connectivity index (χ2n) is 22.4. The van der Waals surface area contributed by atoms with E-state index in [0.717, 1.165) is 0 Å². The minimum absolute atomic E-state index is 0.322. The molecule has 0 atom stereocenters. The summed E-state index contributed by atoms with van der Waals surface area (Å²) in [5.74, 6) is 0. The third-order valence-corrected chi connectivity index (χ3v) is 17.9. The maximum absolute atomic E-state index is 2.43. The second kappa shape index (κ2) is 18.7. The van der Waals surface area contributed by atoms with Gasteiger partial charge in [0.15, 0.2) is 0 Å². The van der Waals surface area contributed by atoms with Gasteiger partial charge in [-0.15, -0.1) is 0 Å². The van der Waals surface area contributed by atoms with Crippen LogP contribution in [0.5, 0.6) is 0 Å². The zero-order valence-corrected chi connectivity index (χ0v) is 45.6. The van der Waals surface area contributed by atoms with Gasteiger partial charge in [-0.2, -0.15) is 0 Å². The Morgan fingerprint density at radius 1 is 0.222 bits per heavy atom. The van der Waals surface area contributed by atoms with E-state index in [0.29, 0.717) is 20.1 Å². The topological polar surface area (TPSA) is 9.72 Å². The fraction of sp³-hybridized carbons (Fsp3) is 0.0400. The van der Waals surface area contributed by atoms with Gasteiger partial charge in [0.2, 0.25) is 20.1 Å². The monoisotopic (exact) mass is 1030 g/mol. The van der Waals surface area contributed by atoms with Crippen molar-refractivity contribution in [2.45, 2.75) is 20.8 Å². The van der Waals surface area contributed by atoms with Gasteiger partial charge in [0, 0.05) is 51.2 Å². The fourth-order valence-corrected chi connectivity index (χ4v) is 14.6. The highest BCUT2D eigenvalue weighted by Gasteiger charge is 2.45. The molecule has 0 fully saturated rings. The average molecular weight is 1030 g/mol. The minimum atomic E-state index is 0.322. The number of aryl methyl sites for hydroxylation is 3. The van der Waals surface area contributed by atoms with Gasteiger partial charge in [-0.3, -0.25) is 0 Å². The molecule has 3 nitrogen and oxygen atoms in total. The fourth-order valence-electron chi connectivity index (χ4n) is 14.6. The number of para-hydroxylation sites is 3. The molecule has 0 bridgehead atoms. The van der Waals surface area contributed by atoms with Crippen molar-refractivity contribution in [1.29, 1.82) is 0 Å². The molecule has 12 aromatic carbocycles. The van der Waals surface area contributed by atoms with Crippen molar-refractivity contribution >= 4 is 120 Å². The average Bonchev–Trinajstić information content (AvgIpc) is 2.72. The van der Waals surface area contributed by atoms with Crippen LogP contribution in [-0.4, -0.2) is 20.1 Å². The van der Waals surface area contributed by atoms with Crippen LogP contribution in [0.3, 0.4) is 0 Å². The Morgan fingerprint density at radius 3 is 1.09 bits per heavy atom. The summed E-state index contributed by atoms with van der Waals surface area (Å²) >= 11 is 0. The van der Waals surface area contributed by atoms with E-state index in [9.17, 15) is 0 Å². The summed E-state index contributed by atoms with van der Waals surface area (Å²) in [5.41, 5.74) is 36.5. The van der Waals surface area contributed by atoms with Crippen molar-refractivity contribution < 1.29 is 0 Å². The Bertz CT molecular complexity index is 4410. The molecule has 81 heavy (non-hydrogen) atoms. The molecule has 6 heteroatoms. The van der Waals surface area contributed by atoms with Crippen LogP contribution < -0.4 is 63.9 Å². The van der Waals surface area contributed by atoms with Crippen LogP contribution in [0.15, 0.2) is 273 Å². The highest BCUT2D eigenvalue weighted by Crippen LogP contribution is 2.44. The zero-order chi connectivity index (χ0) is 53.9. The molecule has 6 aliphatic rings. The normalized spacial score (nSPS) is 13.2. The predicted molar refractivity (Wildman–Crippen MR) is 348 cm³/mol. The van der Waals surface area contributed by atoms with Gasteiger partial charge in [-0.1, -0.05) is 228 Å². The van der Waals surface area contributed by atoms with Crippen LogP contribution in [0.25, 0.3) is 33.4 Å². The van der Waals surface area contributed by atoms with Crippen LogP contribution in [0.1, 0.15) is 16.7 Å². The van der Waals surface area contributed by atoms with E-state index >= 15 is 0 Å². The Hall–Kier alpha value is -9.77. The number of hydrogen-bond acceptors (Lipinski definition) is 3. The SMILES string of the molecule is Cc1ccc2c(c1)B1c3ccccc3-c3cccc(c31)N2c1ccccc1.Cc1ccc2c(c1)N(c1ccccc1)c1cccc3c1B2c1ccccc1-3.Cc1cccc2c1B1c3ccccc3-c3cccc(c31)N2c1ccccc1. The molecule has 0 saturated carbocycles. The van der Waals surface area contributed by atoms with Crippen molar-refractivity contribution in [3.8, 4) is 33.4 Å². The quantitative estimate of drug-likeness (QED) is 0.163. The molecule has 18 rings (SSSR count). The summed E-state index contributed by atoms with van der Waals surface area (Å²) in [6, 6.07) is 99.6. The summed E-state index contributed by atoms with van der Waals surface area (Å²) in [6.07, 6.45) is 0. The number of fused-ring (bicyclic) bond motifs is 15. The summed E-state index contributed by atoms with van der Waals surface area (Å²) < 4.78 is 0. The summed E-state index contributed by atoms with van der Waals surface area (Å²) in [4.78, 5) is 7.29.